The first-order chi connectivity index (χ1) is 13.9. The van der Waals surface area contributed by atoms with Gasteiger partial charge in [-0.3, -0.25) is 0 Å². The van der Waals surface area contributed by atoms with Gasteiger partial charge in [0.15, 0.2) is 0 Å². The second-order valence-corrected chi connectivity index (χ2v) is 9.53. The highest BCUT2D eigenvalue weighted by molar-refractivity contribution is 5.91. The Bertz CT molecular complexity index is 760. The fraction of sp³-hybridized carbons (Fsp3) is 0.583. The molecule has 5 rings (SSSR count). The van der Waals surface area contributed by atoms with Crippen molar-refractivity contribution in [3.63, 3.8) is 0 Å². The standard InChI is InChI=1S/C24H31NO4/c1-16(22(26)27)8-17-2-4-18(5-3-17)15-25-23(28)29-7-6-24-12-19-9-20(13-24)11-21(10-19)14-24/h2-5,8,19-21H,6-7,9-15H2,1H3,(H,25,28)(H,26,27). The van der Waals surface area contributed by atoms with Gasteiger partial charge in [0.05, 0.1) is 6.61 Å². The Morgan fingerprint density at radius 3 is 2.24 bits per heavy atom. The minimum absolute atomic E-state index is 0.290. The van der Waals surface area contributed by atoms with Crippen LogP contribution in [-0.4, -0.2) is 23.8 Å². The minimum Gasteiger partial charge on any atom is -0.478 e. The van der Waals surface area contributed by atoms with Gasteiger partial charge in [0.2, 0.25) is 0 Å². The molecule has 4 bridgehead atoms. The van der Waals surface area contributed by atoms with E-state index < -0.39 is 5.97 Å². The molecule has 29 heavy (non-hydrogen) atoms. The summed E-state index contributed by atoms with van der Waals surface area (Å²) in [7, 11) is 0. The number of benzene rings is 1. The molecule has 1 aromatic rings. The van der Waals surface area contributed by atoms with Crippen molar-refractivity contribution >= 4 is 18.1 Å². The SMILES string of the molecule is CC(=Cc1ccc(CNC(=O)OCCC23CC4CC(CC(C4)C2)C3)cc1)C(=O)O. The summed E-state index contributed by atoms with van der Waals surface area (Å²) in [5, 5.41) is 11.7. The highest BCUT2D eigenvalue weighted by Crippen LogP contribution is 2.61. The summed E-state index contributed by atoms with van der Waals surface area (Å²) in [5.74, 6) is 1.85. The maximum atomic E-state index is 12.1. The van der Waals surface area contributed by atoms with E-state index in [2.05, 4.69) is 5.32 Å². The average molecular weight is 398 g/mol. The molecule has 0 atom stereocenters. The van der Waals surface area contributed by atoms with Crippen molar-refractivity contribution in [2.45, 2.75) is 58.4 Å². The molecule has 0 heterocycles. The smallest absolute Gasteiger partial charge is 0.407 e. The first kappa shape index (κ1) is 20.0. The van der Waals surface area contributed by atoms with Gasteiger partial charge in [-0.2, -0.15) is 0 Å². The largest absolute Gasteiger partial charge is 0.478 e. The van der Waals surface area contributed by atoms with Crippen LogP contribution in [0.1, 0.15) is 63.0 Å². The summed E-state index contributed by atoms with van der Waals surface area (Å²) in [6.45, 7) is 2.48. The van der Waals surface area contributed by atoms with Crippen LogP contribution in [0.4, 0.5) is 4.79 Å². The van der Waals surface area contributed by atoms with Crippen molar-refractivity contribution in [1.82, 2.24) is 5.32 Å². The Balaban J connectivity index is 1.20. The van der Waals surface area contributed by atoms with Gasteiger partial charge in [-0.05, 0) is 92.2 Å². The molecule has 0 saturated heterocycles. The summed E-state index contributed by atoms with van der Waals surface area (Å²) in [4.78, 5) is 23.0. The number of rotatable bonds is 7. The monoisotopic (exact) mass is 397 g/mol. The Hall–Kier alpha value is -2.30. The molecule has 5 heteroatoms. The van der Waals surface area contributed by atoms with Crippen LogP contribution in [0.5, 0.6) is 0 Å². The number of amides is 1. The zero-order valence-electron chi connectivity index (χ0n) is 17.2. The van der Waals surface area contributed by atoms with Gasteiger partial charge in [0.1, 0.15) is 0 Å². The molecule has 2 N–H and O–H groups in total. The molecule has 0 spiro atoms. The Kier molecular flexibility index (Phi) is 5.66. The molecule has 4 aliphatic carbocycles. The van der Waals surface area contributed by atoms with Gasteiger partial charge in [-0.15, -0.1) is 0 Å². The highest BCUT2D eigenvalue weighted by atomic mass is 16.5. The first-order valence-electron chi connectivity index (χ1n) is 10.8. The Labute approximate surface area is 172 Å². The third-order valence-electron chi connectivity index (χ3n) is 7.17. The van der Waals surface area contributed by atoms with E-state index in [-0.39, 0.29) is 6.09 Å². The number of carbonyl (C=O) groups is 2. The number of alkyl carbamates (subject to hydrolysis) is 1. The molecular formula is C24H31NO4. The second-order valence-electron chi connectivity index (χ2n) is 9.53. The molecule has 0 aliphatic heterocycles. The number of aliphatic carboxylic acids is 1. The van der Waals surface area contributed by atoms with E-state index in [1.165, 1.54) is 38.5 Å². The molecule has 0 unspecified atom stereocenters. The number of ether oxygens (including phenoxy) is 1. The molecule has 4 aliphatic rings. The summed E-state index contributed by atoms with van der Waals surface area (Å²) in [6, 6.07) is 7.47. The quantitative estimate of drug-likeness (QED) is 0.634. The first-order valence-corrected chi connectivity index (χ1v) is 10.8. The topological polar surface area (TPSA) is 75.6 Å². The molecule has 1 amide bonds. The van der Waals surface area contributed by atoms with Crippen LogP contribution >= 0.6 is 0 Å². The van der Waals surface area contributed by atoms with Crippen molar-refractivity contribution in [1.29, 1.82) is 0 Å². The summed E-state index contributed by atoms with van der Waals surface area (Å²) < 4.78 is 5.48. The van der Waals surface area contributed by atoms with E-state index in [0.717, 1.165) is 35.3 Å². The van der Waals surface area contributed by atoms with Gasteiger partial charge >= 0.3 is 12.1 Å². The number of nitrogens with one attached hydrogen (secondary N) is 1. The van der Waals surface area contributed by atoms with Crippen LogP contribution in [0.15, 0.2) is 29.8 Å². The number of carboxylic acid groups (broad SMARTS) is 1. The van der Waals surface area contributed by atoms with E-state index in [4.69, 9.17) is 9.84 Å². The molecule has 156 valence electrons. The lowest BCUT2D eigenvalue weighted by molar-refractivity contribution is -0.132. The predicted molar refractivity (Wildman–Crippen MR) is 111 cm³/mol. The Morgan fingerprint density at radius 2 is 1.69 bits per heavy atom. The number of carbonyl (C=O) groups excluding carboxylic acids is 1. The van der Waals surface area contributed by atoms with Crippen molar-refractivity contribution in [2.24, 2.45) is 23.2 Å². The van der Waals surface area contributed by atoms with E-state index in [1.54, 1.807) is 13.0 Å². The normalized spacial score (nSPS) is 30.2. The summed E-state index contributed by atoms with van der Waals surface area (Å²) in [6.07, 6.45) is 10.6. The van der Waals surface area contributed by atoms with E-state index in [0.29, 0.717) is 24.1 Å². The lowest BCUT2D eigenvalue weighted by atomic mass is 9.49. The van der Waals surface area contributed by atoms with Crippen LogP contribution in [0.3, 0.4) is 0 Å². The maximum Gasteiger partial charge on any atom is 0.407 e. The van der Waals surface area contributed by atoms with E-state index >= 15 is 0 Å². The van der Waals surface area contributed by atoms with Gasteiger partial charge in [-0.1, -0.05) is 24.3 Å². The lowest BCUT2D eigenvalue weighted by Gasteiger charge is -2.57. The lowest BCUT2D eigenvalue weighted by Crippen LogP contribution is -2.46. The van der Waals surface area contributed by atoms with Gasteiger partial charge in [0.25, 0.3) is 0 Å². The van der Waals surface area contributed by atoms with Crippen molar-refractivity contribution < 1.29 is 19.4 Å². The van der Waals surface area contributed by atoms with E-state index in [1.807, 2.05) is 24.3 Å². The number of carboxylic acids is 1. The van der Waals surface area contributed by atoms with Gasteiger partial charge in [0, 0.05) is 12.1 Å². The molecule has 5 nitrogen and oxygen atoms in total. The second kappa shape index (κ2) is 8.21. The maximum absolute atomic E-state index is 12.1. The van der Waals surface area contributed by atoms with Gasteiger partial charge in [-0.25, -0.2) is 9.59 Å². The molecular weight excluding hydrogens is 366 g/mol. The van der Waals surface area contributed by atoms with Crippen LogP contribution < -0.4 is 5.32 Å². The summed E-state index contributed by atoms with van der Waals surface area (Å²) >= 11 is 0. The van der Waals surface area contributed by atoms with E-state index in [9.17, 15) is 9.59 Å². The van der Waals surface area contributed by atoms with Crippen LogP contribution in [-0.2, 0) is 16.1 Å². The third kappa shape index (κ3) is 4.82. The molecule has 1 aromatic carbocycles. The zero-order chi connectivity index (χ0) is 20.4. The number of hydrogen-bond donors (Lipinski definition) is 2. The average Bonchev–Trinajstić information content (AvgIpc) is 2.66. The van der Waals surface area contributed by atoms with Crippen LogP contribution in [0.2, 0.25) is 0 Å². The van der Waals surface area contributed by atoms with Gasteiger partial charge < -0.3 is 15.2 Å². The molecule has 0 aromatic heterocycles. The predicted octanol–water partition coefficient (Wildman–Crippen LogP) is 5.01. The van der Waals surface area contributed by atoms with Crippen molar-refractivity contribution in [2.75, 3.05) is 6.61 Å². The van der Waals surface area contributed by atoms with Crippen LogP contribution in [0.25, 0.3) is 6.08 Å². The molecule has 4 saturated carbocycles. The summed E-state index contributed by atoms with van der Waals surface area (Å²) in [5.41, 5.74) is 2.50. The zero-order valence-corrected chi connectivity index (χ0v) is 17.2. The fourth-order valence-electron chi connectivity index (χ4n) is 6.23. The Morgan fingerprint density at radius 1 is 1.10 bits per heavy atom. The fourth-order valence-corrected chi connectivity index (χ4v) is 6.23. The number of hydrogen-bond acceptors (Lipinski definition) is 3. The molecule has 0 radical (unpaired) electrons. The highest BCUT2D eigenvalue weighted by Gasteiger charge is 2.50. The minimum atomic E-state index is -0.924. The third-order valence-corrected chi connectivity index (χ3v) is 7.17. The van der Waals surface area contributed by atoms with Crippen molar-refractivity contribution in [3.8, 4) is 0 Å². The van der Waals surface area contributed by atoms with Crippen LogP contribution in [0, 0.1) is 23.2 Å². The molecule has 4 fully saturated rings. The van der Waals surface area contributed by atoms with Crippen molar-refractivity contribution in [3.05, 3.63) is 41.0 Å².